The molecule has 1 amide bonds. The van der Waals surface area contributed by atoms with Crippen LogP contribution in [0.1, 0.15) is 50.2 Å². The van der Waals surface area contributed by atoms with Gasteiger partial charge in [0.2, 0.25) is 5.91 Å². The molecule has 0 saturated carbocycles. The maximum Gasteiger partial charge on any atom is 0.234 e. The van der Waals surface area contributed by atoms with Crippen molar-refractivity contribution >= 4 is 5.91 Å². The zero-order chi connectivity index (χ0) is 17.9. The topological polar surface area (TPSA) is 61.8 Å². The molecule has 25 heavy (non-hydrogen) atoms. The Kier molecular flexibility index (Phi) is 8.77. The van der Waals surface area contributed by atoms with E-state index in [2.05, 4.69) is 29.3 Å². The molecule has 1 aliphatic rings. The summed E-state index contributed by atoms with van der Waals surface area (Å²) in [5.74, 6) is 1.03. The second-order valence-electron chi connectivity index (χ2n) is 6.74. The Morgan fingerprint density at radius 3 is 2.92 bits per heavy atom. The molecular formula is C20H32N2O3. The van der Waals surface area contributed by atoms with Crippen LogP contribution in [0.25, 0.3) is 0 Å². The Balaban J connectivity index is 2.19. The lowest BCUT2D eigenvalue weighted by Gasteiger charge is -2.23. The van der Waals surface area contributed by atoms with Crippen LogP contribution in [-0.4, -0.2) is 48.8 Å². The number of rotatable bonds is 5. The second kappa shape index (κ2) is 11.1. The summed E-state index contributed by atoms with van der Waals surface area (Å²) in [5, 5.41) is 12.1. The zero-order valence-corrected chi connectivity index (χ0v) is 15.4. The fourth-order valence-electron chi connectivity index (χ4n) is 3.18. The van der Waals surface area contributed by atoms with Gasteiger partial charge in [0.1, 0.15) is 5.75 Å². The number of hydrogen-bond donors (Lipinski definition) is 2. The van der Waals surface area contributed by atoms with E-state index >= 15 is 0 Å². The molecule has 140 valence electrons. The van der Waals surface area contributed by atoms with Crippen LogP contribution in [0.2, 0.25) is 0 Å². The number of nitrogens with one attached hydrogen (secondary N) is 1. The number of ether oxygens (including phenoxy) is 1. The number of hydrogen-bond acceptors (Lipinski definition) is 4. The van der Waals surface area contributed by atoms with Crippen molar-refractivity contribution in [1.29, 1.82) is 0 Å². The maximum absolute atomic E-state index is 12.2. The molecule has 0 aromatic heterocycles. The van der Waals surface area contributed by atoms with Crippen LogP contribution in [0.3, 0.4) is 0 Å². The van der Waals surface area contributed by atoms with Gasteiger partial charge in [-0.05, 0) is 56.7 Å². The van der Waals surface area contributed by atoms with Gasteiger partial charge in [-0.1, -0.05) is 19.1 Å². The van der Waals surface area contributed by atoms with Crippen LogP contribution < -0.4 is 10.1 Å². The van der Waals surface area contributed by atoms with E-state index < -0.39 is 0 Å². The second-order valence-corrected chi connectivity index (χ2v) is 6.74. The van der Waals surface area contributed by atoms with Crippen molar-refractivity contribution in [3.8, 4) is 5.75 Å². The summed E-state index contributed by atoms with van der Waals surface area (Å²) >= 11 is 0. The third kappa shape index (κ3) is 7.04. The first-order chi connectivity index (χ1) is 12.2. The third-order valence-electron chi connectivity index (χ3n) is 4.45. The van der Waals surface area contributed by atoms with E-state index in [4.69, 9.17) is 9.84 Å². The fourth-order valence-corrected chi connectivity index (χ4v) is 3.18. The van der Waals surface area contributed by atoms with Gasteiger partial charge in [0.15, 0.2) is 0 Å². The average molecular weight is 348 g/mol. The Morgan fingerprint density at radius 2 is 2.12 bits per heavy atom. The van der Waals surface area contributed by atoms with Gasteiger partial charge in [-0.15, -0.1) is 0 Å². The van der Waals surface area contributed by atoms with Crippen LogP contribution in [0, 0.1) is 0 Å². The summed E-state index contributed by atoms with van der Waals surface area (Å²) in [7, 11) is 0. The van der Waals surface area contributed by atoms with E-state index in [1.807, 2.05) is 6.07 Å². The molecule has 0 unspecified atom stereocenters. The Labute approximate surface area is 151 Å². The smallest absolute Gasteiger partial charge is 0.234 e. The number of aryl methyl sites for hydroxylation is 1. The highest BCUT2D eigenvalue weighted by Gasteiger charge is 2.14. The molecule has 1 heterocycles. The molecule has 1 aliphatic heterocycles. The van der Waals surface area contributed by atoms with Gasteiger partial charge in [0, 0.05) is 25.3 Å². The lowest BCUT2D eigenvalue weighted by atomic mass is 10.0. The number of aliphatic hydroxyl groups is 1. The lowest BCUT2D eigenvalue weighted by Crippen LogP contribution is -2.37. The minimum Gasteiger partial charge on any atom is -0.493 e. The summed E-state index contributed by atoms with van der Waals surface area (Å²) in [6.07, 6.45) is 5.69. The standard InChI is InChI=1S/C20H32N2O3/c1-2-11-22-15-18-14-17(7-6-12-23)8-9-19(18)25-13-5-3-4-10-21-20(24)16-22/h8-9,14,23H,2-7,10-13,15-16H2,1H3,(H,21,24). The molecule has 0 aliphatic carbocycles. The van der Waals surface area contributed by atoms with E-state index in [0.29, 0.717) is 19.7 Å². The van der Waals surface area contributed by atoms with Crippen molar-refractivity contribution in [1.82, 2.24) is 10.2 Å². The predicted molar refractivity (Wildman–Crippen MR) is 99.8 cm³/mol. The van der Waals surface area contributed by atoms with Gasteiger partial charge in [-0.25, -0.2) is 0 Å². The number of fused-ring (bicyclic) bond motifs is 1. The minimum atomic E-state index is 0.103. The first kappa shape index (κ1) is 19.7. The van der Waals surface area contributed by atoms with Gasteiger partial charge in [-0.2, -0.15) is 0 Å². The summed E-state index contributed by atoms with van der Waals surface area (Å²) in [6.45, 7) is 5.82. The molecule has 1 aromatic rings. The molecule has 0 bridgehead atoms. The summed E-state index contributed by atoms with van der Waals surface area (Å²) in [6, 6.07) is 6.31. The summed E-state index contributed by atoms with van der Waals surface area (Å²) in [4.78, 5) is 14.4. The summed E-state index contributed by atoms with van der Waals surface area (Å²) < 4.78 is 6.03. The summed E-state index contributed by atoms with van der Waals surface area (Å²) in [5.41, 5.74) is 2.34. The molecule has 0 spiro atoms. The molecule has 2 N–H and O–H groups in total. The highest BCUT2D eigenvalue weighted by Crippen LogP contribution is 2.23. The van der Waals surface area contributed by atoms with Gasteiger partial charge in [-0.3, -0.25) is 9.69 Å². The third-order valence-corrected chi connectivity index (χ3v) is 4.45. The average Bonchev–Trinajstić information content (AvgIpc) is 2.61. The van der Waals surface area contributed by atoms with Crippen LogP contribution >= 0.6 is 0 Å². The normalized spacial score (nSPS) is 17.4. The largest absolute Gasteiger partial charge is 0.493 e. The van der Waals surface area contributed by atoms with Crippen molar-refractivity contribution in [3.05, 3.63) is 29.3 Å². The van der Waals surface area contributed by atoms with Gasteiger partial charge in [0.25, 0.3) is 0 Å². The number of benzene rings is 1. The number of aliphatic hydroxyl groups excluding tert-OH is 1. The van der Waals surface area contributed by atoms with E-state index in [1.165, 1.54) is 5.56 Å². The number of amides is 1. The highest BCUT2D eigenvalue weighted by atomic mass is 16.5. The number of carbonyl (C=O) groups is 1. The molecule has 2 rings (SSSR count). The first-order valence-electron chi connectivity index (χ1n) is 9.57. The molecule has 0 atom stereocenters. The van der Waals surface area contributed by atoms with Crippen molar-refractivity contribution in [2.24, 2.45) is 0 Å². The molecule has 0 saturated heterocycles. The quantitative estimate of drug-likeness (QED) is 0.858. The van der Waals surface area contributed by atoms with E-state index in [1.54, 1.807) is 0 Å². The predicted octanol–water partition coefficient (Wildman–Crippen LogP) is 2.50. The zero-order valence-electron chi connectivity index (χ0n) is 15.4. The molecule has 5 heteroatoms. The Bertz CT molecular complexity index is 534. The Morgan fingerprint density at radius 1 is 1.24 bits per heavy atom. The molecular weight excluding hydrogens is 316 g/mol. The van der Waals surface area contributed by atoms with Crippen LogP contribution in [0.5, 0.6) is 5.75 Å². The molecule has 5 nitrogen and oxygen atoms in total. The van der Waals surface area contributed by atoms with Gasteiger partial charge >= 0.3 is 0 Å². The maximum atomic E-state index is 12.2. The number of nitrogens with zero attached hydrogens (tertiary/aromatic N) is 1. The van der Waals surface area contributed by atoms with Crippen LogP contribution in [0.4, 0.5) is 0 Å². The van der Waals surface area contributed by atoms with Gasteiger partial charge in [0.05, 0.1) is 13.2 Å². The van der Waals surface area contributed by atoms with Crippen LogP contribution in [-0.2, 0) is 17.8 Å². The van der Waals surface area contributed by atoms with Crippen LogP contribution in [0.15, 0.2) is 18.2 Å². The van der Waals surface area contributed by atoms with Crippen molar-refractivity contribution in [3.63, 3.8) is 0 Å². The molecule has 0 fully saturated rings. The van der Waals surface area contributed by atoms with E-state index in [9.17, 15) is 4.79 Å². The van der Waals surface area contributed by atoms with Crippen molar-refractivity contribution < 1.29 is 14.6 Å². The first-order valence-corrected chi connectivity index (χ1v) is 9.57. The van der Waals surface area contributed by atoms with E-state index in [-0.39, 0.29) is 12.5 Å². The molecule has 0 radical (unpaired) electrons. The van der Waals surface area contributed by atoms with Crippen molar-refractivity contribution in [2.75, 3.05) is 32.8 Å². The highest BCUT2D eigenvalue weighted by molar-refractivity contribution is 5.78. The van der Waals surface area contributed by atoms with E-state index in [0.717, 1.165) is 62.9 Å². The minimum absolute atomic E-state index is 0.103. The molecule has 1 aromatic carbocycles. The monoisotopic (exact) mass is 348 g/mol. The number of carbonyl (C=O) groups excluding carboxylic acids is 1. The van der Waals surface area contributed by atoms with Gasteiger partial charge < -0.3 is 15.2 Å². The van der Waals surface area contributed by atoms with Crippen molar-refractivity contribution in [2.45, 2.75) is 52.0 Å². The fraction of sp³-hybridized carbons (Fsp3) is 0.650. The SMILES string of the molecule is CCCN1CC(=O)NCCCCCOc2ccc(CCCO)cc2C1. The lowest BCUT2D eigenvalue weighted by molar-refractivity contribution is -0.122. The Hall–Kier alpha value is -1.59.